The monoisotopic (exact) mass is 251 g/mol. The van der Waals surface area contributed by atoms with Gasteiger partial charge < -0.3 is 4.74 Å². The van der Waals surface area contributed by atoms with Gasteiger partial charge in [-0.1, -0.05) is 30.3 Å². The molecule has 1 N–H and O–H groups in total. The van der Waals surface area contributed by atoms with E-state index in [4.69, 9.17) is 0 Å². The smallest absolute Gasteiger partial charge is 0.323 e. The molecule has 4 nitrogen and oxygen atoms in total. The molecular weight excluding hydrogens is 238 g/mol. The number of nitrogens with one attached hydrogen (secondary N) is 1. The summed E-state index contributed by atoms with van der Waals surface area (Å²) in [4.78, 5) is 23.4. The number of hydrogen-bond donors (Lipinski definition) is 1. The zero-order chi connectivity index (χ0) is 12.3. The third-order valence-corrected chi connectivity index (χ3v) is 3.77. The molecule has 1 aromatic carbocycles. The van der Waals surface area contributed by atoms with E-state index in [-0.39, 0.29) is 23.2 Å². The summed E-state index contributed by atoms with van der Waals surface area (Å²) in [6.45, 7) is 0. The van der Waals surface area contributed by atoms with E-state index in [1.807, 2.05) is 18.2 Å². The normalized spacial score (nSPS) is 23.4. The Morgan fingerprint density at radius 1 is 1.35 bits per heavy atom. The Hall–Kier alpha value is -1.33. The van der Waals surface area contributed by atoms with Crippen molar-refractivity contribution in [3.63, 3.8) is 0 Å². The zero-order valence-corrected chi connectivity index (χ0v) is 10.2. The van der Waals surface area contributed by atoms with Crippen molar-refractivity contribution < 1.29 is 14.3 Å². The molecule has 2 rings (SSSR count). The van der Waals surface area contributed by atoms with Gasteiger partial charge in [-0.3, -0.25) is 14.9 Å². The predicted molar refractivity (Wildman–Crippen MR) is 66.0 cm³/mol. The first-order chi connectivity index (χ1) is 8.22. The Bertz CT molecular complexity index is 421. The lowest BCUT2D eigenvalue weighted by atomic mass is 10.1. The number of hydrogen-bond acceptors (Lipinski definition) is 5. The summed E-state index contributed by atoms with van der Waals surface area (Å²) in [6.07, 6.45) is 0. The second kappa shape index (κ2) is 5.33. The summed E-state index contributed by atoms with van der Waals surface area (Å²) in [5.41, 5.74) is 0.656. The van der Waals surface area contributed by atoms with E-state index in [0.717, 1.165) is 0 Å². The third-order valence-electron chi connectivity index (χ3n) is 2.56. The summed E-state index contributed by atoms with van der Waals surface area (Å²) in [7, 11) is 1.35. The van der Waals surface area contributed by atoms with Crippen LogP contribution in [0.15, 0.2) is 30.3 Å². The van der Waals surface area contributed by atoms with Gasteiger partial charge in [-0.05, 0) is 0 Å². The molecule has 17 heavy (non-hydrogen) atoms. The highest BCUT2D eigenvalue weighted by molar-refractivity contribution is 8.00. The van der Waals surface area contributed by atoms with Crippen molar-refractivity contribution in [2.45, 2.75) is 11.4 Å². The first kappa shape index (κ1) is 12.1. The van der Waals surface area contributed by atoms with Crippen LogP contribution in [0.1, 0.15) is 10.4 Å². The Kier molecular flexibility index (Phi) is 3.81. The van der Waals surface area contributed by atoms with E-state index in [2.05, 4.69) is 10.1 Å². The van der Waals surface area contributed by atoms with Gasteiger partial charge in [0, 0.05) is 11.3 Å². The Balaban J connectivity index is 2.02. The summed E-state index contributed by atoms with van der Waals surface area (Å²) in [5, 5.41) is 2.62. The van der Waals surface area contributed by atoms with E-state index < -0.39 is 0 Å². The van der Waals surface area contributed by atoms with Crippen LogP contribution in [0.25, 0.3) is 0 Å². The summed E-state index contributed by atoms with van der Waals surface area (Å²) in [6, 6.07) is 8.67. The molecular formula is C12H13NO3S. The van der Waals surface area contributed by atoms with Gasteiger partial charge in [0.25, 0.3) is 0 Å². The molecule has 90 valence electrons. The second-order valence-corrected chi connectivity index (χ2v) is 4.82. The molecule has 1 saturated heterocycles. The fourth-order valence-corrected chi connectivity index (χ4v) is 2.82. The quantitative estimate of drug-likeness (QED) is 0.643. The Morgan fingerprint density at radius 3 is 2.71 bits per heavy atom. The Morgan fingerprint density at radius 2 is 2.06 bits per heavy atom. The second-order valence-electron chi connectivity index (χ2n) is 3.69. The molecule has 2 atom stereocenters. The Labute approximate surface area is 104 Å². The number of ketones is 1. The van der Waals surface area contributed by atoms with Gasteiger partial charge in [-0.15, -0.1) is 11.8 Å². The van der Waals surface area contributed by atoms with E-state index in [1.165, 1.54) is 18.9 Å². The number of carbonyl (C=O) groups is 2. The van der Waals surface area contributed by atoms with Crippen LogP contribution in [0, 0.1) is 0 Å². The molecule has 1 aliphatic rings. The van der Waals surface area contributed by atoms with E-state index in [1.54, 1.807) is 12.1 Å². The molecule has 1 fully saturated rings. The standard InChI is InChI=1S/C12H13NO3S/c1-16-12(15)9-7-17-11(13-9)10(14)8-5-3-2-4-6-8/h2-6,9,11,13H,7H2,1H3/t9-,11-/m0/s1. The van der Waals surface area contributed by atoms with Crippen LogP contribution in [0.5, 0.6) is 0 Å². The van der Waals surface area contributed by atoms with Crippen molar-refractivity contribution in [2.75, 3.05) is 12.9 Å². The maximum absolute atomic E-state index is 12.1. The van der Waals surface area contributed by atoms with Crippen molar-refractivity contribution in [1.29, 1.82) is 0 Å². The van der Waals surface area contributed by atoms with Crippen LogP contribution >= 0.6 is 11.8 Å². The molecule has 0 aromatic heterocycles. The van der Waals surface area contributed by atoms with Crippen LogP contribution in [0.3, 0.4) is 0 Å². The van der Waals surface area contributed by atoms with Gasteiger partial charge in [-0.2, -0.15) is 0 Å². The molecule has 1 aromatic rings. The van der Waals surface area contributed by atoms with Crippen molar-refractivity contribution in [2.24, 2.45) is 0 Å². The van der Waals surface area contributed by atoms with Gasteiger partial charge >= 0.3 is 5.97 Å². The molecule has 0 spiro atoms. The average Bonchev–Trinajstić information content (AvgIpc) is 2.87. The van der Waals surface area contributed by atoms with Crippen molar-refractivity contribution >= 4 is 23.5 Å². The van der Waals surface area contributed by atoms with Crippen molar-refractivity contribution in [1.82, 2.24) is 5.32 Å². The molecule has 1 aliphatic heterocycles. The molecule has 0 aliphatic carbocycles. The molecule has 5 heteroatoms. The number of thioether (sulfide) groups is 1. The van der Waals surface area contributed by atoms with Gasteiger partial charge in [0.15, 0.2) is 5.78 Å². The molecule has 0 radical (unpaired) electrons. The minimum atomic E-state index is -0.386. The first-order valence-corrected chi connectivity index (χ1v) is 6.32. The van der Waals surface area contributed by atoms with Gasteiger partial charge in [0.1, 0.15) is 11.4 Å². The number of rotatable bonds is 3. The molecule has 1 heterocycles. The van der Waals surface area contributed by atoms with Crippen LogP contribution in [0.2, 0.25) is 0 Å². The van der Waals surface area contributed by atoms with E-state index >= 15 is 0 Å². The summed E-state index contributed by atoms with van der Waals surface area (Å²) < 4.78 is 4.64. The highest BCUT2D eigenvalue weighted by Gasteiger charge is 2.34. The fourth-order valence-electron chi connectivity index (χ4n) is 1.65. The van der Waals surface area contributed by atoms with Gasteiger partial charge in [0.05, 0.1) is 7.11 Å². The fraction of sp³-hybridized carbons (Fsp3) is 0.333. The summed E-state index contributed by atoms with van der Waals surface area (Å²) in [5.74, 6) is 0.249. The maximum Gasteiger partial charge on any atom is 0.323 e. The molecule has 0 amide bonds. The number of methoxy groups -OCH3 is 1. The van der Waals surface area contributed by atoms with Gasteiger partial charge in [0.2, 0.25) is 0 Å². The lowest BCUT2D eigenvalue weighted by Gasteiger charge is -2.10. The average molecular weight is 251 g/mol. The maximum atomic E-state index is 12.1. The van der Waals surface area contributed by atoms with E-state index in [0.29, 0.717) is 11.3 Å². The van der Waals surface area contributed by atoms with Crippen LogP contribution in [0.4, 0.5) is 0 Å². The molecule has 0 unspecified atom stereocenters. The number of esters is 1. The molecule has 0 saturated carbocycles. The minimum Gasteiger partial charge on any atom is -0.468 e. The highest BCUT2D eigenvalue weighted by atomic mass is 32.2. The third kappa shape index (κ3) is 2.68. The van der Waals surface area contributed by atoms with Crippen molar-refractivity contribution in [3.05, 3.63) is 35.9 Å². The highest BCUT2D eigenvalue weighted by Crippen LogP contribution is 2.22. The topological polar surface area (TPSA) is 55.4 Å². The zero-order valence-electron chi connectivity index (χ0n) is 9.38. The lowest BCUT2D eigenvalue weighted by molar-refractivity contribution is -0.142. The van der Waals surface area contributed by atoms with Crippen LogP contribution in [-0.2, 0) is 9.53 Å². The summed E-state index contributed by atoms with van der Waals surface area (Å²) >= 11 is 1.44. The first-order valence-electron chi connectivity index (χ1n) is 5.27. The van der Waals surface area contributed by atoms with Crippen LogP contribution in [-0.4, -0.2) is 36.0 Å². The van der Waals surface area contributed by atoms with Gasteiger partial charge in [-0.25, -0.2) is 0 Å². The SMILES string of the molecule is COC(=O)[C@@H]1CS[C@@H](C(=O)c2ccccc2)N1. The van der Waals surface area contributed by atoms with Crippen LogP contribution < -0.4 is 5.32 Å². The number of ether oxygens (including phenoxy) is 1. The number of Topliss-reactive ketones (excluding diaryl/α,β-unsaturated/α-hetero) is 1. The lowest BCUT2D eigenvalue weighted by Crippen LogP contribution is -2.40. The number of benzene rings is 1. The largest absolute Gasteiger partial charge is 0.468 e. The molecule has 0 bridgehead atoms. The van der Waals surface area contributed by atoms with Crippen molar-refractivity contribution in [3.8, 4) is 0 Å². The minimum absolute atomic E-state index is 0.00185. The number of carbonyl (C=O) groups excluding carboxylic acids is 2. The van der Waals surface area contributed by atoms with E-state index in [9.17, 15) is 9.59 Å². The predicted octanol–water partition coefficient (Wildman–Crippen LogP) is 1.07.